The van der Waals surface area contributed by atoms with Crippen molar-refractivity contribution in [2.24, 2.45) is 0 Å². The number of aryl methyl sites for hydroxylation is 2. The normalized spacial score (nSPS) is 11.9. The van der Waals surface area contributed by atoms with Gasteiger partial charge in [-0.3, -0.25) is 10.0 Å². The average molecular weight is 327 g/mol. The van der Waals surface area contributed by atoms with E-state index in [1.807, 2.05) is 18.2 Å². The number of unbranched alkanes of at least 4 members (excludes halogenated alkanes) is 1. The highest BCUT2D eigenvalue weighted by molar-refractivity contribution is 5.74. The predicted molar refractivity (Wildman–Crippen MR) is 93.6 cm³/mol. The summed E-state index contributed by atoms with van der Waals surface area (Å²) in [7, 11) is 0. The molecule has 0 radical (unpaired) electrons. The SMILES string of the molecule is O=C(CCCC[C@@H](O)c1ccc(CCc2ccccc2)cc1)NO. The largest absolute Gasteiger partial charge is 0.388 e. The number of hydroxylamine groups is 1. The van der Waals surface area contributed by atoms with E-state index in [4.69, 9.17) is 5.21 Å². The third-order valence-electron chi connectivity index (χ3n) is 4.17. The second kappa shape index (κ2) is 9.85. The molecule has 0 bridgehead atoms. The van der Waals surface area contributed by atoms with E-state index in [-0.39, 0.29) is 12.3 Å². The van der Waals surface area contributed by atoms with Gasteiger partial charge in [0.15, 0.2) is 0 Å². The molecular weight excluding hydrogens is 302 g/mol. The molecule has 0 fully saturated rings. The molecule has 0 aliphatic carbocycles. The summed E-state index contributed by atoms with van der Waals surface area (Å²) >= 11 is 0. The average Bonchev–Trinajstić information content (AvgIpc) is 2.64. The molecule has 3 N–H and O–H groups in total. The maximum atomic E-state index is 10.9. The van der Waals surface area contributed by atoms with Crippen molar-refractivity contribution in [2.45, 2.75) is 44.6 Å². The lowest BCUT2D eigenvalue weighted by Gasteiger charge is -2.11. The van der Waals surface area contributed by atoms with Crippen LogP contribution in [0.5, 0.6) is 0 Å². The predicted octanol–water partition coefficient (Wildman–Crippen LogP) is 3.57. The van der Waals surface area contributed by atoms with E-state index in [1.54, 1.807) is 5.48 Å². The zero-order chi connectivity index (χ0) is 17.2. The second-order valence-electron chi connectivity index (χ2n) is 6.02. The van der Waals surface area contributed by atoms with Crippen molar-refractivity contribution < 1.29 is 15.1 Å². The molecule has 0 unspecified atom stereocenters. The number of rotatable bonds is 9. The van der Waals surface area contributed by atoms with E-state index in [1.165, 1.54) is 11.1 Å². The molecule has 0 aliphatic heterocycles. The Morgan fingerprint density at radius 1 is 0.917 bits per heavy atom. The Hall–Kier alpha value is -2.17. The van der Waals surface area contributed by atoms with E-state index >= 15 is 0 Å². The summed E-state index contributed by atoms with van der Waals surface area (Å²) in [5.41, 5.74) is 5.11. The summed E-state index contributed by atoms with van der Waals surface area (Å²) in [5, 5.41) is 18.6. The molecule has 0 heterocycles. The number of carbonyl (C=O) groups is 1. The van der Waals surface area contributed by atoms with Crippen molar-refractivity contribution in [3.8, 4) is 0 Å². The maximum Gasteiger partial charge on any atom is 0.243 e. The van der Waals surface area contributed by atoms with Crippen molar-refractivity contribution in [3.05, 3.63) is 71.3 Å². The van der Waals surface area contributed by atoms with Gasteiger partial charge in [0.25, 0.3) is 0 Å². The Kier molecular flexibility index (Phi) is 7.46. The molecule has 2 aromatic rings. The molecule has 0 aromatic heterocycles. The second-order valence-corrected chi connectivity index (χ2v) is 6.02. The van der Waals surface area contributed by atoms with Gasteiger partial charge in [0, 0.05) is 6.42 Å². The molecule has 1 amide bonds. The van der Waals surface area contributed by atoms with Crippen LogP contribution in [0.25, 0.3) is 0 Å². The summed E-state index contributed by atoms with van der Waals surface area (Å²) in [4.78, 5) is 10.9. The van der Waals surface area contributed by atoms with Crippen molar-refractivity contribution in [2.75, 3.05) is 0 Å². The highest BCUT2D eigenvalue weighted by atomic mass is 16.5. The number of hydrogen-bond acceptors (Lipinski definition) is 3. The van der Waals surface area contributed by atoms with Crippen LogP contribution in [-0.2, 0) is 17.6 Å². The zero-order valence-electron chi connectivity index (χ0n) is 13.8. The van der Waals surface area contributed by atoms with Gasteiger partial charge in [-0.25, -0.2) is 5.48 Å². The van der Waals surface area contributed by atoms with Crippen molar-refractivity contribution in [1.29, 1.82) is 0 Å². The van der Waals surface area contributed by atoms with Crippen LogP contribution in [0.4, 0.5) is 0 Å². The van der Waals surface area contributed by atoms with Crippen LogP contribution < -0.4 is 5.48 Å². The Labute approximate surface area is 143 Å². The van der Waals surface area contributed by atoms with Gasteiger partial charge in [0.05, 0.1) is 6.10 Å². The monoisotopic (exact) mass is 327 g/mol. The molecule has 2 aromatic carbocycles. The first kappa shape index (κ1) is 18.2. The lowest BCUT2D eigenvalue weighted by Crippen LogP contribution is -2.17. The van der Waals surface area contributed by atoms with Gasteiger partial charge in [-0.15, -0.1) is 0 Å². The fourth-order valence-corrected chi connectivity index (χ4v) is 2.69. The van der Waals surface area contributed by atoms with Gasteiger partial charge in [-0.2, -0.15) is 0 Å². The van der Waals surface area contributed by atoms with E-state index in [0.717, 1.165) is 24.8 Å². The molecule has 0 saturated heterocycles. The van der Waals surface area contributed by atoms with Crippen LogP contribution in [0.3, 0.4) is 0 Å². The standard InChI is InChI=1S/C20H25NO3/c22-19(8-4-5-9-20(23)21-24)18-14-12-17(13-15-18)11-10-16-6-2-1-3-7-16/h1-3,6-7,12-15,19,22,24H,4-5,8-11H2,(H,21,23)/t19-/m1/s1. The van der Waals surface area contributed by atoms with E-state index in [0.29, 0.717) is 12.8 Å². The fraction of sp³-hybridized carbons (Fsp3) is 0.350. The summed E-state index contributed by atoms with van der Waals surface area (Å²) < 4.78 is 0. The molecule has 2 rings (SSSR count). The summed E-state index contributed by atoms with van der Waals surface area (Å²) in [5.74, 6) is -0.382. The molecule has 1 atom stereocenters. The molecule has 4 heteroatoms. The van der Waals surface area contributed by atoms with Crippen molar-refractivity contribution in [1.82, 2.24) is 5.48 Å². The number of aliphatic hydroxyl groups excluding tert-OH is 1. The van der Waals surface area contributed by atoms with Gasteiger partial charge in [-0.1, -0.05) is 61.0 Å². The lowest BCUT2D eigenvalue weighted by atomic mass is 9.99. The summed E-state index contributed by atoms with van der Waals surface area (Å²) in [6.45, 7) is 0. The molecular formula is C20H25NO3. The number of carbonyl (C=O) groups excluding carboxylic acids is 1. The van der Waals surface area contributed by atoms with E-state index < -0.39 is 6.10 Å². The van der Waals surface area contributed by atoms with Crippen LogP contribution in [0, 0.1) is 0 Å². The Balaban J connectivity index is 1.75. The Bertz CT molecular complexity index is 611. The van der Waals surface area contributed by atoms with Crippen LogP contribution in [0.15, 0.2) is 54.6 Å². The first-order valence-corrected chi connectivity index (χ1v) is 8.43. The van der Waals surface area contributed by atoms with Crippen molar-refractivity contribution >= 4 is 5.91 Å². The minimum atomic E-state index is -0.509. The van der Waals surface area contributed by atoms with Gasteiger partial charge < -0.3 is 5.11 Å². The number of nitrogens with one attached hydrogen (secondary N) is 1. The zero-order valence-corrected chi connectivity index (χ0v) is 13.8. The maximum absolute atomic E-state index is 10.9. The van der Waals surface area contributed by atoms with Crippen LogP contribution in [-0.4, -0.2) is 16.2 Å². The lowest BCUT2D eigenvalue weighted by molar-refractivity contribution is -0.129. The van der Waals surface area contributed by atoms with Gasteiger partial charge >= 0.3 is 0 Å². The smallest absolute Gasteiger partial charge is 0.243 e. The molecule has 0 aliphatic rings. The topological polar surface area (TPSA) is 69.6 Å². The number of benzene rings is 2. The minimum Gasteiger partial charge on any atom is -0.388 e. The molecule has 4 nitrogen and oxygen atoms in total. The van der Waals surface area contributed by atoms with Gasteiger partial charge in [0.2, 0.25) is 5.91 Å². The fourth-order valence-electron chi connectivity index (χ4n) is 2.69. The van der Waals surface area contributed by atoms with E-state index in [9.17, 15) is 9.90 Å². The van der Waals surface area contributed by atoms with Crippen LogP contribution in [0.2, 0.25) is 0 Å². The minimum absolute atomic E-state index is 0.279. The number of amides is 1. The van der Waals surface area contributed by atoms with Crippen LogP contribution >= 0.6 is 0 Å². The summed E-state index contributed by atoms with van der Waals surface area (Å²) in [6.07, 6.45) is 3.77. The summed E-state index contributed by atoms with van der Waals surface area (Å²) in [6, 6.07) is 18.5. The van der Waals surface area contributed by atoms with Crippen molar-refractivity contribution in [3.63, 3.8) is 0 Å². The highest BCUT2D eigenvalue weighted by Crippen LogP contribution is 2.20. The van der Waals surface area contributed by atoms with E-state index in [2.05, 4.69) is 36.4 Å². The van der Waals surface area contributed by atoms with Gasteiger partial charge in [0.1, 0.15) is 0 Å². The molecule has 128 valence electrons. The highest BCUT2D eigenvalue weighted by Gasteiger charge is 2.08. The Morgan fingerprint density at radius 2 is 1.54 bits per heavy atom. The Morgan fingerprint density at radius 3 is 2.17 bits per heavy atom. The number of aliphatic hydroxyl groups is 1. The molecule has 24 heavy (non-hydrogen) atoms. The third-order valence-corrected chi connectivity index (χ3v) is 4.17. The van der Waals surface area contributed by atoms with Crippen LogP contribution in [0.1, 0.15) is 48.5 Å². The third kappa shape index (κ3) is 6.14. The molecule has 0 saturated carbocycles. The number of hydrogen-bond donors (Lipinski definition) is 3. The first-order valence-electron chi connectivity index (χ1n) is 8.43. The first-order chi connectivity index (χ1) is 11.7. The van der Waals surface area contributed by atoms with Gasteiger partial charge in [-0.05, 0) is 42.4 Å². The quantitative estimate of drug-likeness (QED) is 0.375. The molecule has 0 spiro atoms.